The molecule has 8 atom stereocenters. The van der Waals surface area contributed by atoms with Gasteiger partial charge in [-0.3, -0.25) is 4.79 Å². The van der Waals surface area contributed by atoms with Gasteiger partial charge in [0, 0.05) is 12.8 Å². The lowest BCUT2D eigenvalue weighted by Gasteiger charge is -2.58. The first-order chi connectivity index (χ1) is 22.7. The normalized spacial score (nSPS) is 32.6. The molecule has 0 aliphatic heterocycles. The van der Waals surface area contributed by atoms with Crippen LogP contribution < -0.4 is 0 Å². The third-order valence-electron chi connectivity index (χ3n) is 14.2. The Bertz CT molecular complexity index is 976. The number of carbonyl (C=O) groups is 1. The highest BCUT2D eigenvalue weighted by Gasteiger charge is 2.59. The van der Waals surface area contributed by atoms with Crippen LogP contribution in [0.2, 0.25) is 0 Å². The van der Waals surface area contributed by atoms with Crippen molar-refractivity contribution in [3.63, 3.8) is 0 Å². The number of rotatable bonds is 21. The Balaban J connectivity index is 1.12. The van der Waals surface area contributed by atoms with E-state index in [1.54, 1.807) is 5.57 Å². The van der Waals surface area contributed by atoms with E-state index in [1.165, 1.54) is 128 Å². The summed E-state index contributed by atoms with van der Waals surface area (Å²) in [5.41, 5.74) is 2.53. The summed E-state index contributed by atoms with van der Waals surface area (Å²) in [7, 11) is 0. The summed E-state index contributed by atoms with van der Waals surface area (Å²) in [6, 6.07) is 0. The number of allylic oxidation sites excluding steroid dienone is 3. The first-order valence-corrected chi connectivity index (χ1v) is 21.2. The Labute approximate surface area is 293 Å². The molecule has 0 heterocycles. The van der Waals surface area contributed by atoms with Crippen LogP contribution in [0.15, 0.2) is 23.8 Å². The molecule has 0 radical (unpaired) electrons. The van der Waals surface area contributed by atoms with Gasteiger partial charge in [0.25, 0.3) is 0 Å². The average Bonchev–Trinajstić information content (AvgIpc) is 3.40. The van der Waals surface area contributed by atoms with Gasteiger partial charge in [-0.25, -0.2) is 0 Å². The molecule has 2 heteroatoms. The second kappa shape index (κ2) is 19.4. The maximum Gasteiger partial charge on any atom is 0.306 e. The van der Waals surface area contributed by atoms with Crippen LogP contribution in [0.25, 0.3) is 0 Å². The van der Waals surface area contributed by atoms with Crippen LogP contribution in [0.1, 0.15) is 202 Å². The number of esters is 1. The average molecular weight is 651 g/mol. The fourth-order valence-corrected chi connectivity index (χ4v) is 11.3. The molecule has 4 aliphatic carbocycles. The van der Waals surface area contributed by atoms with E-state index < -0.39 is 0 Å². The fraction of sp³-hybridized carbons (Fsp3) is 0.889. The quantitative estimate of drug-likeness (QED) is 0.0702. The summed E-state index contributed by atoms with van der Waals surface area (Å²) in [6.07, 6.45) is 39.5. The molecule has 0 bridgehead atoms. The van der Waals surface area contributed by atoms with E-state index >= 15 is 0 Å². The molecule has 4 aliphatic rings. The topological polar surface area (TPSA) is 26.3 Å². The lowest BCUT2D eigenvalue weighted by atomic mass is 9.47. The predicted octanol–water partition coefficient (Wildman–Crippen LogP) is 14.0. The fourth-order valence-electron chi connectivity index (χ4n) is 11.3. The van der Waals surface area contributed by atoms with Crippen molar-refractivity contribution in [2.24, 2.45) is 46.3 Å². The third kappa shape index (κ3) is 10.7. The predicted molar refractivity (Wildman–Crippen MR) is 202 cm³/mol. The molecular weight excluding hydrogens is 572 g/mol. The van der Waals surface area contributed by atoms with Crippen molar-refractivity contribution in [3.05, 3.63) is 23.8 Å². The van der Waals surface area contributed by atoms with Gasteiger partial charge in [0.2, 0.25) is 0 Å². The van der Waals surface area contributed by atoms with Crippen molar-refractivity contribution in [1.82, 2.24) is 0 Å². The monoisotopic (exact) mass is 651 g/mol. The third-order valence-corrected chi connectivity index (χ3v) is 14.2. The maximum atomic E-state index is 12.8. The maximum absolute atomic E-state index is 12.8. The summed E-state index contributed by atoms with van der Waals surface area (Å²) >= 11 is 0. The molecule has 3 unspecified atom stereocenters. The van der Waals surface area contributed by atoms with Crippen molar-refractivity contribution >= 4 is 5.97 Å². The van der Waals surface area contributed by atoms with E-state index in [9.17, 15) is 4.79 Å². The standard InChI is InChI=1S/C45H78O2/c1-7-8-9-10-11-12-13-14-15-16-17-18-19-20-21-25-43(46)47-38-30-32-44(5)37(34-38)26-27-39-41-29-28-40(36(4)24-22-23-35(2)3)45(41,6)33-31-42(39)44/h14-15,26,35-36,38-42H,7-13,16-25,27-34H2,1-6H3/b15-14-/t36-,38+,39?,40-,41?,42?,44+,45-/m1/s1. The van der Waals surface area contributed by atoms with E-state index in [1.807, 2.05) is 0 Å². The molecule has 0 amide bonds. The molecular formula is C45H78O2. The smallest absolute Gasteiger partial charge is 0.306 e. The number of fused-ring (bicyclic) bond motifs is 5. The Morgan fingerprint density at radius 3 is 2.19 bits per heavy atom. The Kier molecular flexibility index (Phi) is 16.0. The molecule has 0 saturated heterocycles. The second-order valence-corrected chi connectivity index (χ2v) is 18.0. The number of hydrogen-bond donors (Lipinski definition) is 0. The molecule has 0 aromatic rings. The van der Waals surface area contributed by atoms with Gasteiger partial charge in [0.15, 0.2) is 0 Å². The van der Waals surface area contributed by atoms with Gasteiger partial charge in [0.1, 0.15) is 6.10 Å². The number of unbranched alkanes of at least 4 members (excludes halogenated alkanes) is 11. The summed E-state index contributed by atoms with van der Waals surface area (Å²) in [6.45, 7) is 14.9. The van der Waals surface area contributed by atoms with E-state index in [0.717, 1.165) is 61.2 Å². The summed E-state index contributed by atoms with van der Waals surface area (Å²) in [5.74, 6) is 5.31. The van der Waals surface area contributed by atoms with Crippen LogP contribution in [-0.4, -0.2) is 12.1 Å². The van der Waals surface area contributed by atoms with Crippen molar-refractivity contribution in [3.8, 4) is 0 Å². The SMILES string of the molecule is CCCCCCCC/C=C\CCCCCCCC(=O)O[C@H]1CC[C@@]2(C)C(=CCC3C2CC[C@@]2(C)C3CC[C@@H]2[C@H](C)CCCC(C)C)C1. The molecule has 0 aromatic heterocycles. The molecule has 0 aromatic carbocycles. The molecule has 0 spiro atoms. The summed E-state index contributed by atoms with van der Waals surface area (Å²) in [5, 5.41) is 0. The molecule has 47 heavy (non-hydrogen) atoms. The zero-order chi connectivity index (χ0) is 33.7. The highest BCUT2D eigenvalue weighted by atomic mass is 16.5. The molecule has 3 fully saturated rings. The van der Waals surface area contributed by atoms with Crippen molar-refractivity contribution in [1.29, 1.82) is 0 Å². The molecule has 0 N–H and O–H groups in total. The first-order valence-electron chi connectivity index (χ1n) is 21.2. The Hall–Kier alpha value is -1.05. The van der Waals surface area contributed by atoms with E-state index in [-0.39, 0.29) is 12.1 Å². The minimum atomic E-state index is 0.0541. The van der Waals surface area contributed by atoms with Crippen molar-refractivity contribution in [2.75, 3.05) is 0 Å². The van der Waals surface area contributed by atoms with Gasteiger partial charge in [0.05, 0.1) is 0 Å². The van der Waals surface area contributed by atoms with Gasteiger partial charge in [-0.1, -0.05) is 136 Å². The highest BCUT2D eigenvalue weighted by molar-refractivity contribution is 5.69. The number of carbonyl (C=O) groups excluding carboxylic acids is 1. The molecule has 3 saturated carbocycles. The van der Waals surface area contributed by atoms with Gasteiger partial charge < -0.3 is 4.74 Å². The lowest BCUT2D eigenvalue weighted by Crippen LogP contribution is -2.51. The Morgan fingerprint density at radius 1 is 0.809 bits per heavy atom. The van der Waals surface area contributed by atoms with Gasteiger partial charge >= 0.3 is 5.97 Å². The second-order valence-electron chi connectivity index (χ2n) is 18.0. The van der Waals surface area contributed by atoms with E-state index in [2.05, 4.69) is 59.8 Å². The molecule has 270 valence electrons. The highest BCUT2D eigenvalue weighted by Crippen LogP contribution is 2.67. The van der Waals surface area contributed by atoms with Crippen molar-refractivity contribution in [2.45, 2.75) is 208 Å². The molecule has 4 rings (SSSR count). The minimum Gasteiger partial charge on any atom is -0.462 e. The van der Waals surface area contributed by atoms with E-state index in [4.69, 9.17) is 4.74 Å². The lowest BCUT2D eigenvalue weighted by molar-refractivity contribution is -0.151. The Morgan fingerprint density at radius 2 is 1.49 bits per heavy atom. The first kappa shape index (κ1) is 38.7. The van der Waals surface area contributed by atoms with Crippen LogP contribution in [0.5, 0.6) is 0 Å². The number of ether oxygens (including phenoxy) is 1. The van der Waals surface area contributed by atoms with Gasteiger partial charge in [-0.15, -0.1) is 0 Å². The number of hydrogen-bond acceptors (Lipinski definition) is 2. The van der Waals surface area contributed by atoms with Crippen molar-refractivity contribution < 1.29 is 9.53 Å². The largest absolute Gasteiger partial charge is 0.462 e. The van der Waals surface area contributed by atoms with Gasteiger partial charge in [-0.2, -0.15) is 0 Å². The molecule has 2 nitrogen and oxygen atoms in total. The van der Waals surface area contributed by atoms with Crippen LogP contribution in [0.4, 0.5) is 0 Å². The van der Waals surface area contributed by atoms with E-state index in [0.29, 0.717) is 17.3 Å². The zero-order valence-electron chi connectivity index (χ0n) is 32.3. The minimum absolute atomic E-state index is 0.0541. The van der Waals surface area contributed by atoms with Crippen LogP contribution in [-0.2, 0) is 9.53 Å². The van der Waals surface area contributed by atoms with Crippen LogP contribution in [0, 0.1) is 46.3 Å². The van der Waals surface area contributed by atoms with Gasteiger partial charge in [-0.05, 0) is 123 Å². The van der Waals surface area contributed by atoms with Crippen LogP contribution in [0.3, 0.4) is 0 Å². The van der Waals surface area contributed by atoms with Crippen LogP contribution >= 0.6 is 0 Å². The summed E-state index contributed by atoms with van der Waals surface area (Å²) in [4.78, 5) is 12.8. The summed E-state index contributed by atoms with van der Waals surface area (Å²) < 4.78 is 6.12. The zero-order valence-corrected chi connectivity index (χ0v) is 32.3.